The minimum atomic E-state index is -1.13. The summed E-state index contributed by atoms with van der Waals surface area (Å²) in [5.41, 5.74) is -0.106. The average Bonchev–Trinajstić information content (AvgIpc) is 2.35. The van der Waals surface area contributed by atoms with E-state index in [2.05, 4.69) is 4.98 Å². The van der Waals surface area contributed by atoms with Crippen LogP contribution in [-0.4, -0.2) is 16.1 Å². The van der Waals surface area contributed by atoms with Crippen LogP contribution in [0.1, 0.15) is 10.5 Å². The zero-order chi connectivity index (χ0) is 13.1. The lowest BCUT2D eigenvalue weighted by molar-refractivity contribution is 0.0690. The number of rotatable bonds is 3. The van der Waals surface area contributed by atoms with E-state index >= 15 is 0 Å². The van der Waals surface area contributed by atoms with Gasteiger partial charge in [0, 0.05) is 12.3 Å². The number of aromatic carboxylic acids is 1. The van der Waals surface area contributed by atoms with Gasteiger partial charge in [-0.2, -0.15) is 0 Å². The molecule has 0 aliphatic heterocycles. The molecule has 1 heterocycles. The van der Waals surface area contributed by atoms with Gasteiger partial charge < -0.3 is 9.84 Å². The smallest absolute Gasteiger partial charge is 0.354 e. The molecule has 1 aromatic heterocycles. The summed E-state index contributed by atoms with van der Waals surface area (Å²) in [7, 11) is 0. The number of benzene rings is 1. The second-order valence-electron chi connectivity index (χ2n) is 3.34. The normalized spacial score (nSPS) is 10.1. The third-order valence-electron chi connectivity index (χ3n) is 2.09. The zero-order valence-electron chi connectivity index (χ0n) is 8.93. The van der Waals surface area contributed by atoms with Gasteiger partial charge in [0.15, 0.2) is 5.69 Å². The number of ether oxygens (including phenoxy) is 1. The topological polar surface area (TPSA) is 59.4 Å². The van der Waals surface area contributed by atoms with Crippen LogP contribution in [0.3, 0.4) is 0 Å². The van der Waals surface area contributed by atoms with E-state index < -0.39 is 5.97 Å². The molecule has 2 rings (SSSR count). The van der Waals surface area contributed by atoms with Gasteiger partial charge in [0.1, 0.15) is 16.5 Å². The van der Waals surface area contributed by atoms with E-state index in [0.717, 1.165) is 0 Å². The van der Waals surface area contributed by atoms with Crippen molar-refractivity contribution in [1.82, 2.24) is 4.98 Å². The summed E-state index contributed by atoms with van der Waals surface area (Å²) in [6.07, 6.45) is 1.34. The van der Waals surface area contributed by atoms with E-state index in [9.17, 15) is 4.79 Å². The Kier molecular flexibility index (Phi) is 3.69. The monoisotopic (exact) mass is 283 g/mol. The van der Waals surface area contributed by atoms with E-state index in [4.69, 9.17) is 33.0 Å². The fraction of sp³-hybridized carbons (Fsp3) is 0. The first-order valence-corrected chi connectivity index (χ1v) is 5.65. The van der Waals surface area contributed by atoms with Crippen molar-refractivity contribution in [2.45, 2.75) is 0 Å². The van der Waals surface area contributed by atoms with Gasteiger partial charge in [0.05, 0.1) is 5.02 Å². The maximum Gasteiger partial charge on any atom is 0.354 e. The fourth-order valence-corrected chi connectivity index (χ4v) is 1.61. The van der Waals surface area contributed by atoms with E-state index in [1.54, 1.807) is 18.2 Å². The number of carbonyl (C=O) groups is 1. The van der Waals surface area contributed by atoms with Crippen molar-refractivity contribution in [2.75, 3.05) is 0 Å². The summed E-state index contributed by atoms with van der Waals surface area (Å²) in [6.45, 7) is 0. The van der Waals surface area contributed by atoms with Crippen molar-refractivity contribution in [3.63, 3.8) is 0 Å². The van der Waals surface area contributed by atoms with Crippen molar-refractivity contribution in [3.8, 4) is 11.5 Å². The predicted molar refractivity (Wildman–Crippen MR) is 67.7 cm³/mol. The molecule has 0 aliphatic carbocycles. The Morgan fingerprint density at radius 2 is 2.06 bits per heavy atom. The lowest BCUT2D eigenvalue weighted by atomic mass is 10.3. The van der Waals surface area contributed by atoms with Crippen molar-refractivity contribution < 1.29 is 14.6 Å². The lowest BCUT2D eigenvalue weighted by Crippen LogP contribution is -1.99. The van der Waals surface area contributed by atoms with Gasteiger partial charge >= 0.3 is 5.97 Å². The maximum absolute atomic E-state index is 10.8. The highest BCUT2D eigenvalue weighted by atomic mass is 35.5. The number of nitrogens with zero attached hydrogens (tertiary/aromatic N) is 1. The molecular weight excluding hydrogens is 277 g/mol. The first-order chi connectivity index (χ1) is 8.58. The van der Waals surface area contributed by atoms with Crippen molar-refractivity contribution in [2.24, 2.45) is 0 Å². The molecule has 18 heavy (non-hydrogen) atoms. The van der Waals surface area contributed by atoms with Gasteiger partial charge in [-0.15, -0.1) is 0 Å². The molecule has 1 aromatic carbocycles. The van der Waals surface area contributed by atoms with Gasteiger partial charge in [0.25, 0.3) is 0 Å². The SMILES string of the molecule is O=C(O)c1cc(Oc2cccc(Cl)c2Cl)ccn1. The summed E-state index contributed by atoms with van der Waals surface area (Å²) >= 11 is 11.8. The third-order valence-corrected chi connectivity index (χ3v) is 2.90. The molecule has 92 valence electrons. The van der Waals surface area contributed by atoms with Crippen LogP contribution < -0.4 is 4.74 Å². The number of carboxylic acids is 1. The fourth-order valence-electron chi connectivity index (χ4n) is 1.28. The van der Waals surface area contributed by atoms with Crippen molar-refractivity contribution >= 4 is 29.2 Å². The minimum Gasteiger partial charge on any atom is -0.477 e. The van der Waals surface area contributed by atoms with Gasteiger partial charge in [-0.1, -0.05) is 29.3 Å². The average molecular weight is 284 g/mol. The zero-order valence-corrected chi connectivity index (χ0v) is 10.4. The molecule has 0 bridgehead atoms. The van der Waals surface area contributed by atoms with E-state index in [1.165, 1.54) is 18.3 Å². The first-order valence-electron chi connectivity index (χ1n) is 4.89. The van der Waals surface area contributed by atoms with Gasteiger partial charge in [0.2, 0.25) is 0 Å². The summed E-state index contributed by atoms with van der Waals surface area (Å²) in [5, 5.41) is 9.44. The maximum atomic E-state index is 10.8. The van der Waals surface area contributed by atoms with Crippen LogP contribution >= 0.6 is 23.2 Å². The Balaban J connectivity index is 2.31. The van der Waals surface area contributed by atoms with Crippen LogP contribution in [0.15, 0.2) is 36.5 Å². The number of carboxylic acid groups (broad SMARTS) is 1. The molecule has 4 nitrogen and oxygen atoms in total. The Morgan fingerprint density at radius 1 is 1.28 bits per heavy atom. The quantitative estimate of drug-likeness (QED) is 0.929. The Hall–Kier alpha value is -1.78. The highest BCUT2D eigenvalue weighted by molar-refractivity contribution is 6.42. The van der Waals surface area contributed by atoms with E-state index in [1.807, 2.05) is 0 Å². The molecule has 0 radical (unpaired) electrons. The Morgan fingerprint density at radius 3 is 2.78 bits per heavy atom. The Labute approximate surface area is 113 Å². The van der Waals surface area contributed by atoms with Crippen LogP contribution in [0.4, 0.5) is 0 Å². The lowest BCUT2D eigenvalue weighted by Gasteiger charge is -2.08. The molecule has 0 spiro atoms. The second kappa shape index (κ2) is 5.25. The molecule has 0 saturated heterocycles. The highest BCUT2D eigenvalue weighted by Gasteiger charge is 2.09. The number of aromatic nitrogens is 1. The third kappa shape index (κ3) is 2.72. The molecule has 0 amide bonds. The minimum absolute atomic E-state index is 0.106. The molecule has 0 saturated carbocycles. The summed E-state index contributed by atoms with van der Waals surface area (Å²) < 4.78 is 5.46. The molecule has 1 N–H and O–H groups in total. The van der Waals surface area contributed by atoms with Crippen LogP contribution in [-0.2, 0) is 0 Å². The summed E-state index contributed by atoms with van der Waals surface area (Å²) in [5.74, 6) is -0.448. The molecule has 0 unspecified atom stereocenters. The molecular formula is C12H7Cl2NO3. The van der Waals surface area contributed by atoms with Gasteiger partial charge in [-0.25, -0.2) is 9.78 Å². The molecule has 0 atom stereocenters. The highest BCUT2D eigenvalue weighted by Crippen LogP contribution is 2.34. The first kappa shape index (κ1) is 12.7. The number of hydrogen-bond acceptors (Lipinski definition) is 3. The summed E-state index contributed by atoms with van der Waals surface area (Å²) in [4.78, 5) is 14.4. The van der Waals surface area contributed by atoms with Gasteiger partial charge in [-0.05, 0) is 18.2 Å². The predicted octanol–water partition coefficient (Wildman–Crippen LogP) is 3.88. The van der Waals surface area contributed by atoms with Crippen LogP contribution in [0.5, 0.6) is 11.5 Å². The standard InChI is InChI=1S/C12H7Cl2NO3/c13-8-2-1-3-10(11(8)14)18-7-4-5-15-9(6-7)12(16)17/h1-6H,(H,16,17). The van der Waals surface area contributed by atoms with E-state index in [0.29, 0.717) is 16.5 Å². The van der Waals surface area contributed by atoms with Crippen LogP contribution in [0.2, 0.25) is 10.0 Å². The molecule has 6 heteroatoms. The number of pyridine rings is 1. The second-order valence-corrected chi connectivity index (χ2v) is 4.12. The van der Waals surface area contributed by atoms with Gasteiger partial charge in [-0.3, -0.25) is 0 Å². The number of halogens is 2. The largest absolute Gasteiger partial charge is 0.477 e. The number of hydrogen-bond donors (Lipinski definition) is 1. The van der Waals surface area contributed by atoms with Crippen molar-refractivity contribution in [1.29, 1.82) is 0 Å². The van der Waals surface area contributed by atoms with Crippen molar-refractivity contribution in [3.05, 3.63) is 52.3 Å². The molecule has 0 fully saturated rings. The van der Waals surface area contributed by atoms with Crippen LogP contribution in [0, 0.1) is 0 Å². The molecule has 2 aromatic rings. The Bertz CT molecular complexity index is 602. The van der Waals surface area contributed by atoms with E-state index in [-0.39, 0.29) is 10.7 Å². The van der Waals surface area contributed by atoms with Crippen LogP contribution in [0.25, 0.3) is 0 Å². The summed E-state index contributed by atoms with van der Waals surface area (Å²) in [6, 6.07) is 7.78. The molecule has 0 aliphatic rings.